The van der Waals surface area contributed by atoms with Crippen LogP contribution < -0.4 is 10.0 Å². The van der Waals surface area contributed by atoms with Gasteiger partial charge in [-0.1, -0.05) is 0 Å². The van der Waals surface area contributed by atoms with Crippen molar-refractivity contribution in [3.63, 3.8) is 0 Å². The number of alkyl halides is 3. The van der Waals surface area contributed by atoms with Gasteiger partial charge in [-0.05, 0) is 35.0 Å². The molecule has 6 nitrogen and oxygen atoms in total. The van der Waals surface area contributed by atoms with Gasteiger partial charge in [-0.3, -0.25) is 4.72 Å². The molecule has 1 rings (SSSR count). The summed E-state index contributed by atoms with van der Waals surface area (Å²) in [5.74, 6) is 0. The van der Waals surface area contributed by atoms with E-state index in [0.717, 1.165) is 12.1 Å². The number of amides is 3. The van der Waals surface area contributed by atoms with Crippen molar-refractivity contribution in [2.24, 2.45) is 0 Å². The highest BCUT2D eigenvalue weighted by Crippen LogP contribution is 2.31. The molecule has 0 aliphatic rings. The van der Waals surface area contributed by atoms with Gasteiger partial charge in [-0.25, -0.2) is 19.9 Å². The Hall–Kier alpha value is -1.49. The summed E-state index contributed by atoms with van der Waals surface area (Å²) in [5.41, 5.74) is -1.10. The van der Waals surface area contributed by atoms with Gasteiger partial charge in [0.1, 0.15) is 10.7 Å². The number of nitrogens with one attached hydrogen (secondary N) is 2. The van der Waals surface area contributed by atoms with Gasteiger partial charge < -0.3 is 4.74 Å². The lowest BCUT2D eigenvalue weighted by Crippen LogP contribution is -2.36. The van der Waals surface area contributed by atoms with Crippen molar-refractivity contribution in [2.45, 2.75) is 18.1 Å². The van der Waals surface area contributed by atoms with Crippen molar-refractivity contribution >= 4 is 40.0 Å². The molecule has 0 aromatic carbocycles. The first-order chi connectivity index (χ1) is 9.74. The minimum atomic E-state index is -4.59. The van der Waals surface area contributed by atoms with Gasteiger partial charge in [-0.2, -0.15) is 13.2 Å². The van der Waals surface area contributed by atoms with Crippen LogP contribution in [-0.4, -0.2) is 23.7 Å². The molecule has 0 atom stereocenters. The van der Waals surface area contributed by atoms with Crippen LogP contribution in [0.15, 0.2) is 21.6 Å². The summed E-state index contributed by atoms with van der Waals surface area (Å²) in [6.45, 7) is 1.63. The first-order valence-electron chi connectivity index (χ1n) is 5.38. The van der Waals surface area contributed by atoms with Crippen LogP contribution in [0.2, 0.25) is 0 Å². The largest absolute Gasteiger partial charge is 0.450 e. The second kappa shape index (κ2) is 7.50. The highest BCUT2D eigenvalue weighted by atomic mass is 79.9. The molecule has 0 unspecified atom stereocenters. The third-order valence-corrected chi connectivity index (χ3v) is 3.53. The molecule has 11 heteroatoms. The van der Waals surface area contributed by atoms with Gasteiger partial charge >= 0.3 is 18.3 Å². The van der Waals surface area contributed by atoms with Crippen LogP contribution in [0.25, 0.3) is 0 Å². The number of rotatable bonds is 3. The number of hydrogen-bond acceptors (Lipinski definition) is 5. The number of carbonyl (C=O) groups is 2. The van der Waals surface area contributed by atoms with Gasteiger partial charge in [-0.15, -0.1) is 0 Å². The molecule has 1 heterocycles. The summed E-state index contributed by atoms with van der Waals surface area (Å²) in [6.07, 6.45) is -5.56. The normalized spacial score (nSPS) is 10.9. The van der Waals surface area contributed by atoms with Crippen LogP contribution in [0.5, 0.6) is 0 Å². The maximum Gasteiger partial charge on any atom is 0.433 e. The molecule has 0 bridgehead atoms. The number of aromatic nitrogens is 1. The lowest BCUT2D eigenvalue weighted by atomic mass is 10.3. The lowest BCUT2D eigenvalue weighted by Gasteiger charge is -2.09. The standard InChI is InChI=1S/C10H9BrF3N3O3S/c1-2-20-9(19)16-8(18)17-21-7-5(11)3-4-6(15-7)10(12,13)14/h3-4H,2H2,1H3,(H2,16,17,18,19). The first kappa shape index (κ1) is 17.6. The highest BCUT2D eigenvalue weighted by molar-refractivity contribution is 9.10. The van der Waals surface area contributed by atoms with Crippen molar-refractivity contribution in [2.75, 3.05) is 6.61 Å². The number of imide groups is 1. The Balaban J connectivity index is 2.67. The summed E-state index contributed by atoms with van der Waals surface area (Å²) >= 11 is 3.53. The van der Waals surface area contributed by atoms with Crippen molar-refractivity contribution in [1.82, 2.24) is 15.0 Å². The second-order valence-corrected chi connectivity index (χ2v) is 5.01. The number of hydrogen-bond donors (Lipinski definition) is 2. The number of carbonyl (C=O) groups excluding carboxylic acids is 2. The molecule has 0 spiro atoms. The number of halogens is 4. The van der Waals surface area contributed by atoms with Crippen LogP contribution in [-0.2, 0) is 10.9 Å². The summed E-state index contributed by atoms with van der Waals surface area (Å²) in [6, 6.07) is 1.01. The average molecular weight is 388 g/mol. The summed E-state index contributed by atoms with van der Waals surface area (Å²) in [7, 11) is 0. The average Bonchev–Trinajstić information content (AvgIpc) is 2.36. The Bertz CT molecular complexity index is 542. The predicted molar refractivity (Wildman–Crippen MR) is 71.5 cm³/mol. The smallest absolute Gasteiger partial charge is 0.433 e. The van der Waals surface area contributed by atoms with Crippen molar-refractivity contribution in [3.05, 3.63) is 22.3 Å². The van der Waals surface area contributed by atoms with E-state index in [1.165, 1.54) is 0 Å². The second-order valence-electron chi connectivity index (χ2n) is 3.36. The summed E-state index contributed by atoms with van der Waals surface area (Å²) in [4.78, 5) is 25.6. The monoisotopic (exact) mass is 387 g/mol. The molecule has 0 saturated carbocycles. The first-order valence-corrected chi connectivity index (χ1v) is 6.99. The Kier molecular flexibility index (Phi) is 6.27. The van der Waals surface area contributed by atoms with Crippen molar-refractivity contribution in [1.29, 1.82) is 0 Å². The Morgan fingerprint density at radius 2 is 2.10 bits per heavy atom. The van der Waals surface area contributed by atoms with Gasteiger partial charge in [0.15, 0.2) is 0 Å². The van der Waals surface area contributed by atoms with E-state index in [4.69, 9.17) is 0 Å². The summed E-state index contributed by atoms with van der Waals surface area (Å²) in [5, 5.41) is 1.71. The van der Waals surface area contributed by atoms with Crippen LogP contribution in [0.1, 0.15) is 12.6 Å². The highest BCUT2D eigenvalue weighted by Gasteiger charge is 2.33. The Morgan fingerprint density at radius 1 is 1.43 bits per heavy atom. The molecule has 0 radical (unpaired) electrons. The van der Waals surface area contributed by atoms with Crippen LogP contribution >= 0.6 is 27.9 Å². The molecule has 2 N–H and O–H groups in total. The van der Waals surface area contributed by atoms with Crippen molar-refractivity contribution in [3.8, 4) is 0 Å². The van der Waals surface area contributed by atoms with E-state index in [1.807, 2.05) is 5.32 Å². The Morgan fingerprint density at radius 3 is 2.67 bits per heavy atom. The third-order valence-electron chi connectivity index (χ3n) is 1.84. The molecule has 0 aliphatic heterocycles. The van der Waals surface area contributed by atoms with E-state index in [0.29, 0.717) is 11.9 Å². The number of urea groups is 1. The molecular weight excluding hydrogens is 379 g/mol. The van der Waals surface area contributed by atoms with E-state index in [2.05, 4.69) is 30.4 Å². The minimum Gasteiger partial charge on any atom is -0.450 e. The fourth-order valence-electron chi connectivity index (χ4n) is 1.03. The maximum absolute atomic E-state index is 12.5. The third kappa shape index (κ3) is 5.79. The van der Waals surface area contributed by atoms with Crippen LogP contribution in [0, 0.1) is 0 Å². The quantitative estimate of drug-likeness (QED) is 0.777. The molecule has 1 aromatic heterocycles. The maximum atomic E-state index is 12.5. The van der Waals surface area contributed by atoms with Crippen LogP contribution in [0.3, 0.4) is 0 Å². The number of alkyl carbamates (subject to hydrolysis) is 1. The van der Waals surface area contributed by atoms with E-state index in [9.17, 15) is 22.8 Å². The zero-order valence-electron chi connectivity index (χ0n) is 10.5. The molecule has 0 aliphatic carbocycles. The molecular formula is C10H9BrF3N3O3S. The van der Waals surface area contributed by atoms with E-state index in [1.54, 1.807) is 6.92 Å². The van der Waals surface area contributed by atoms with E-state index < -0.39 is 24.0 Å². The van der Waals surface area contributed by atoms with Gasteiger partial charge in [0.2, 0.25) is 0 Å². The van der Waals surface area contributed by atoms with Gasteiger partial charge in [0, 0.05) is 11.9 Å². The SMILES string of the molecule is CCOC(=O)NC(=O)NSc1nc(C(F)(F)F)ccc1Br. The summed E-state index contributed by atoms with van der Waals surface area (Å²) < 4.78 is 44.4. The number of ether oxygens (including phenoxy) is 1. The lowest BCUT2D eigenvalue weighted by molar-refractivity contribution is -0.141. The molecule has 3 amide bonds. The zero-order valence-corrected chi connectivity index (χ0v) is 12.9. The molecule has 116 valence electrons. The van der Waals surface area contributed by atoms with Crippen molar-refractivity contribution < 1.29 is 27.5 Å². The zero-order chi connectivity index (χ0) is 16.0. The predicted octanol–water partition coefficient (Wildman–Crippen LogP) is 3.33. The Labute approximate surface area is 130 Å². The minimum absolute atomic E-state index is 0.0764. The number of nitrogens with zero attached hydrogens (tertiary/aromatic N) is 1. The molecule has 0 fully saturated rings. The number of pyridine rings is 1. The fourth-order valence-corrected chi connectivity index (χ4v) is 2.05. The van der Waals surface area contributed by atoms with E-state index in [-0.39, 0.29) is 16.1 Å². The molecule has 0 saturated heterocycles. The molecule has 1 aromatic rings. The van der Waals surface area contributed by atoms with Gasteiger partial charge in [0.05, 0.1) is 11.1 Å². The molecule has 21 heavy (non-hydrogen) atoms. The van der Waals surface area contributed by atoms with Gasteiger partial charge in [0.25, 0.3) is 0 Å². The van der Waals surface area contributed by atoms with Crippen LogP contribution in [0.4, 0.5) is 22.8 Å². The fraction of sp³-hybridized carbons (Fsp3) is 0.300. The topological polar surface area (TPSA) is 80.3 Å². The van der Waals surface area contributed by atoms with E-state index >= 15 is 0 Å².